The van der Waals surface area contributed by atoms with Crippen LogP contribution in [0.1, 0.15) is 12.8 Å². The van der Waals surface area contributed by atoms with Gasteiger partial charge in [0.1, 0.15) is 5.75 Å². The van der Waals surface area contributed by atoms with Crippen molar-refractivity contribution in [2.75, 3.05) is 13.7 Å². The quantitative estimate of drug-likeness (QED) is 0.830. The van der Waals surface area contributed by atoms with E-state index in [9.17, 15) is 0 Å². The van der Waals surface area contributed by atoms with Crippen molar-refractivity contribution in [3.05, 3.63) is 24.1 Å². The number of ether oxygens (including phenoxy) is 1. The molecular weight excluding hydrogens is 192 g/mol. The second-order valence-corrected chi connectivity index (χ2v) is 3.19. The maximum Gasteiger partial charge on any atom is 0.209 e. The van der Waals surface area contributed by atoms with E-state index in [-0.39, 0.29) is 0 Å². The van der Waals surface area contributed by atoms with Crippen LogP contribution in [0.3, 0.4) is 0 Å². The molecular formula is C11H14N2O2. The third-order valence-electron chi connectivity index (χ3n) is 2.17. The van der Waals surface area contributed by atoms with Crippen LogP contribution in [0.15, 0.2) is 22.6 Å². The summed E-state index contributed by atoms with van der Waals surface area (Å²) in [4.78, 5) is 4.37. The number of fused-ring (bicyclic) bond motifs is 1. The molecule has 0 aliphatic rings. The predicted octanol–water partition coefficient (Wildman–Crippen LogP) is 1.95. The first-order valence-electron chi connectivity index (χ1n) is 4.98. The van der Waals surface area contributed by atoms with Crippen molar-refractivity contribution >= 4 is 11.1 Å². The smallest absolute Gasteiger partial charge is 0.209 e. The zero-order valence-corrected chi connectivity index (χ0v) is 8.91. The van der Waals surface area contributed by atoms with Gasteiger partial charge in [-0.2, -0.15) is 0 Å². The molecule has 0 bridgehead atoms. The van der Waals surface area contributed by atoms with E-state index in [1.165, 1.54) is 0 Å². The van der Waals surface area contributed by atoms with E-state index in [2.05, 4.69) is 10.3 Å². The topological polar surface area (TPSA) is 47.3 Å². The molecule has 0 saturated carbocycles. The van der Waals surface area contributed by atoms with E-state index in [1.807, 2.05) is 25.1 Å². The number of methoxy groups -OCH3 is 1. The molecule has 0 atom stereocenters. The molecule has 0 aliphatic carbocycles. The van der Waals surface area contributed by atoms with Crippen LogP contribution in [-0.2, 0) is 6.54 Å². The fourth-order valence-electron chi connectivity index (χ4n) is 1.44. The van der Waals surface area contributed by atoms with Crippen LogP contribution >= 0.6 is 0 Å². The molecule has 2 aromatic rings. The zero-order chi connectivity index (χ0) is 10.7. The lowest BCUT2D eigenvalue weighted by molar-refractivity contribution is 0.419. The molecule has 1 heterocycles. The van der Waals surface area contributed by atoms with Crippen LogP contribution in [0.25, 0.3) is 11.1 Å². The zero-order valence-electron chi connectivity index (χ0n) is 8.91. The third kappa shape index (κ3) is 1.94. The van der Waals surface area contributed by atoms with Crippen LogP contribution in [-0.4, -0.2) is 18.6 Å². The molecule has 2 rings (SSSR count). The number of rotatable bonds is 4. The molecule has 0 saturated heterocycles. The monoisotopic (exact) mass is 206 g/mol. The fourth-order valence-corrected chi connectivity index (χ4v) is 1.44. The van der Waals surface area contributed by atoms with Crippen molar-refractivity contribution < 1.29 is 9.15 Å². The number of hydrogen-bond donors (Lipinski definition) is 1. The Morgan fingerprint density at radius 1 is 1.47 bits per heavy atom. The average Bonchev–Trinajstić information content (AvgIpc) is 2.68. The molecule has 4 nitrogen and oxygen atoms in total. The van der Waals surface area contributed by atoms with Crippen molar-refractivity contribution in [2.24, 2.45) is 0 Å². The molecule has 1 aromatic heterocycles. The first-order valence-corrected chi connectivity index (χ1v) is 4.98. The van der Waals surface area contributed by atoms with Crippen LogP contribution in [0.2, 0.25) is 0 Å². The van der Waals surface area contributed by atoms with E-state index < -0.39 is 0 Å². The summed E-state index contributed by atoms with van der Waals surface area (Å²) in [6, 6.07) is 5.66. The normalized spacial score (nSPS) is 10.8. The minimum atomic E-state index is 0.647. The van der Waals surface area contributed by atoms with Crippen molar-refractivity contribution in [2.45, 2.75) is 13.5 Å². The summed E-state index contributed by atoms with van der Waals surface area (Å²) in [5, 5.41) is 3.17. The minimum Gasteiger partial charge on any atom is -0.494 e. The maximum absolute atomic E-state index is 5.56. The number of para-hydroxylation sites is 1. The Bertz CT molecular complexity index is 451. The SMILES string of the molecule is CCNCc1nc2c(OC)cccc2o1. The van der Waals surface area contributed by atoms with Gasteiger partial charge in [0.25, 0.3) is 0 Å². The number of hydrogen-bond acceptors (Lipinski definition) is 4. The highest BCUT2D eigenvalue weighted by Gasteiger charge is 2.08. The van der Waals surface area contributed by atoms with Gasteiger partial charge in [-0.05, 0) is 18.7 Å². The average molecular weight is 206 g/mol. The van der Waals surface area contributed by atoms with Crippen molar-refractivity contribution in [1.29, 1.82) is 0 Å². The van der Waals surface area contributed by atoms with Crippen LogP contribution in [0.4, 0.5) is 0 Å². The highest BCUT2D eigenvalue weighted by Crippen LogP contribution is 2.25. The molecule has 0 fully saturated rings. The van der Waals surface area contributed by atoms with Gasteiger partial charge in [-0.15, -0.1) is 0 Å². The second-order valence-electron chi connectivity index (χ2n) is 3.19. The molecule has 0 unspecified atom stereocenters. The molecule has 1 N–H and O–H groups in total. The number of nitrogens with zero attached hydrogens (tertiary/aromatic N) is 1. The van der Waals surface area contributed by atoms with E-state index in [0.717, 1.165) is 23.4 Å². The van der Waals surface area contributed by atoms with E-state index >= 15 is 0 Å². The van der Waals surface area contributed by atoms with Crippen molar-refractivity contribution in [3.8, 4) is 5.75 Å². The molecule has 15 heavy (non-hydrogen) atoms. The summed E-state index contributed by atoms with van der Waals surface area (Å²) in [5.41, 5.74) is 1.55. The highest BCUT2D eigenvalue weighted by atomic mass is 16.5. The molecule has 0 spiro atoms. The van der Waals surface area contributed by atoms with Gasteiger partial charge in [0.15, 0.2) is 11.1 Å². The third-order valence-corrected chi connectivity index (χ3v) is 2.17. The number of aromatic nitrogens is 1. The van der Waals surface area contributed by atoms with Crippen LogP contribution in [0, 0.1) is 0 Å². The summed E-state index contributed by atoms with van der Waals surface area (Å²) in [5.74, 6) is 1.44. The van der Waals surface area contributed by atoms with Gasteiger partial charge < -0.3 is 14.5 Å². The summed E-state index contributed by atoms with van der Waals surface area (Å²) in [7, 11) is 1.63. The molecule has 0 amide bonds. The summed E-state index contributed by atoms with van der Waals surface area (Å²) < 4.78 is 10.8. The molecule has 0 aliphatic heterocycles. The standard InChI is InChI=1S/C11H14N2O2/c1-3-12-7-10-13-11-8(14-2)5-4-6-9(11)15-10/h4-6,12H,3,7H2,1-2H3. The lowest BCUT2D eigenvalue weighted by Crippen LogP contribution is -2.11. The number of benzene rings is 1. The van der Waals surface area contributed by atoms with Crippen molar-refractivity contribution in [3.63, 3.8) is 0 Å². The molecule has 0 radical (unpaired) electrons. The molecule has 80 valence electrons. The van der Waals surface area contributed by atoms with Gasteiger partial charge >= 0.3 is 0 Å². The number of oxazole rings is 1. The maximum atomic E-state index is 5.56. The number of nitrogens with one attached hydrogen (secondary N) is 1. The second kappa shape index (κ2) is 4.31. The Labute approximate surface area is 88.3 Å². The van der Waals surface area contributed by atoms with E-state index in [4.69, 9.17) is 9.15 Å². The van der Waals surface area contributed by atoms with Gasteiger partial charge in [0.05, 0.1) is 13.7 Å². The lowest BCUT2D eigenvalue weighted by atomic mass is 10.3. The van der Waals surface area contributed by atoms with Gasteiger partial charge in [-0.1, -0.05) is 13.0 Å². The van der Waals surface area contributed by atoms with Gasteiger partial charge in [0.2, 0.25) is 5.89 Å². The molecule has 1 aromatic carbocycles. The fraction of sp³-hybridized carbons (Fsp3) is 0.364. The largest absolute Gasteiger partial charge is 0.494 e. The van der Waals surface area contributed by atoms with Crippen LogP contribution < -0.4 is 10.1 Å². The first kappa shape index (κ1) is 9.98. The van der Waals surface area contributed by atoms with E-state index in [1.54, 1.807) is 7.11 Å². The minimum absolute atomic E-state index is 0.647. The lowest BCUT2D eigenvalue weighted by Gasteiger charge is -1.96. The van der Waals surface area contributed by atoms with Gasteiger partial charge in [-0.25, -0.2) is 4.98 Å². The van der Waals surface area contributed by atoms with E-state index in [0.29, 0.717) is 12.4 Å². The van der Waals surface area contributed by atoms with Crippen molar-refractivity contribution in [1.82, 2.24) is 10.3 Å². The Morgan fingerprint density at radius 2 is 2.33 bits per heavy atom. The molecule has 4 heteroatoms. The first-order chi connectivity index (χ1) is 7.35. The summed E-state index contributed by atoms with van der Waals surface area (Å²) in [6.07, 6.45) is 0. The Morgan fingerprint density at radius 3 is 3.07 bits per heavy atom. The predicted molar refractivity (Wildman–Crippen MR) is 57.9 cm³/mol. The summed E-state index contributed by atoms with van der Waals surface area (Å²) >= 11 is 0. The highest BCUT2D eigenvalue weighted by molar-refractivity contribution is 5.79. The van der Waals surface area contributed by atoms with Gasteiger partial charge in [0, 0.05) is 0 Å². The Hall–Kier alpha value is -1.55. The van der Waals surface area contributed by atoms with Gasteiger partial charge in [-0.3, -0.25) is 0 Å². The summed E-state index contributed by atoms with van der Waals surface area (Å²) in [6.45, 7) is 3.59. The van der Waals surface area contributed by atoms with Crippen LogP contribution in [0.5, 0.6) is 5.75 Å². The Kier molecular flexibility index (Phi) is 2.87. The Balaban J connectivity index is 2.37.